The van der Waals surface area contributed by atoms with Gasteiger partial charge in [-0.05, 0) is 35.9 Å². The molecule has 3 aromatic heterocycles. The van der Waals surface area contributed by atoms with E-state index in [1.807, 2.05) is 48.8 Å². The molecule has 0 unspecified atom stereocenters. The van der Waals surface area contributed by atoms with E-state index >= 15 is 0 Å². The van der Waals surface area contributed by atoms with Crippen LogP contribution in [0.3, 0.4) is 0 Å². The summed E-state index contributed by atoms with van der Waals surface area (Å²) in [4.78, 5) is 13.3. The molecule has 3 nitrogen and oxygen atoms in total. The molecule has 0 aliphatic carbocycles. The third-order valence-corrected chi connectivity index (χ3v) is 3.85. The quantitative estimate of drug-likeness (QED) is 0.542. The van der Waals surface area contributed by atoms with Gasteiger partial charge in [-0.15, -0.1) is 0 Å². The van der Waals surface area contributed by atoms with E-state index in [1.165, 1.54) is 0 Å². The van der Waals surface area contributed by atoms with Crippen molar-refractivity contribution in [3.8, 4) is 33.6 Å². The molecule has 3 heterocycles. The molecule has 0 amide bonds. The average molecular weight is 309 g/mol. The van der Waals surface area contributed by atoms with Crippen LogP contribution in [-0.2, 0) is 0 Å². The highest BCUT2D eigenvalue weighted by Gasteiger charge is 2.08. The Hall–Kier alpha value is -3.33. The van der Waals surface area contributed by atoms with Gasteiger partial charge < -0.3 is 0 Å². The van der Waals surface area contributed by atoms with Gasteiger partial charge in [0, 0.05) is 41.5 Å². The fourth-order valence-electron chi connectivity index (χ4n) is 2.65. The molecule has 0 bridgehead atoms. The Morgan fingerprint density at radius 1 is 0.500 bits per heavy atom. The zero-order valence-electron chi connectivity index (χ0n) is 13.0. The summed E-state index contributed by atoms with van der Waals surface area (Å²) in [6.07, 6.45) is 7.26. The van der Waals surface area contributed by atoms with Gasteiger partial charge in [0.1, 0.15) is 0 Å². The van der Waals surface area contributed by atoms with Crippen molar-refractivity contribution in [1.29, 1.82) is 0 Å². The van der Waals surface area contributed by atoms with Gasteiger partial charge in [-0.1, -0.05) is 36.4 Å². The Bertz CT molecular complexity index is 797. The minimum absolute atomic E-state index is 0.906. The van der Waals surface area contributed by atoms with E-state index in [1.54, 1.807) is 12.4 Å². The maximum absolute atomic E-state index is 4.84. The van der Waals surface area contributed by atoms with Crippen LogP contribution in [-0.4, -0.2) is 15.0 Å². The van der Waals surface area contributed by atoms with Crippen molar-refractivity contribution in [2.24, 2.45) is 0 Å². The summed E-state index contributed by atoms with van der Waals surface area (Å²) < 4.78 is 0. The normalized spacial score (nSPS) is 10.5. The van der Waals surface area contributed by atoms with Gasteiger partial charge in [0.2, 0.25) is 0 Å². The zero-order valence-corrected chi connectivity index (χ0v) is 13.0. The molecule has 0 atom stereocenters. The third-order valence-electron chi connectivity index (χ3n) is 3.85. The number of aromatic nitrogens is 3. The van der Waals surface area contributed by atoms with Crippen molar-refractivity contribution in [1.82, 2.24) is 15.0 Å². The molecule has 0 saturated carbocycles. The van der Waals surface area contributed by atoms with E-state index in [0.29, 0.717) is 0 Å². The number of nitrogens with zero attached hydrogens (tertiary/aromatic N) is 3. The van der Waals surface area contributed by atoms with Gasteiger partial charge in [-0.2, -0.15) is 0 Å². The maximum atomic E-state index is 4.84. The van der Waals surface area contributed by atoms with E-state index in [-0.39, 0.29) is 0 Å². The monoisotopic (exact) mass is 309 g/mol. The van der Waals surface area contributed by atoms with Crippen molar-refractivity contribution < 1.29 is 0 Å². The predicted molar refractivity (Wildman–Crippen MR) is 96.1 cm³/mol. The molecular weight excluding hydrogens is 294 g/mol. The number of benzene rings is 1. The lowest BCUT2D eigenvalue weighted by Crippen LogP contribution is -1.91. The van der Waals surface area contributed by atoms with Gasteiger partial charge in [0.15, 0.2) is 0 Å². The van der Waals surface area contributed by atoms with Crippen LogP contribution in [0.4, 0.5) is 0 Å². The van der Waals surface area contributed by atoms with Crippen molar-refractivity contribution in [2.45, 2.75) is 0 Å². The molecule has 24 heavy (non-hydrogen) atoms. The van der Waals surface area contributed by atoms with Crippen LogP contribution in [0.5, 0.6) is 0 Å². The van der Waals surface area contributed by atoms with E-state index in [4.69, 9.17) is 4.98 Å². The molecule has 4 aromatic rings. The molecule has 0 aliphatic heterocycles. The molecule has 0 radical (unpaired) electrons. The standard InChI is InChI=1S/C21H15N3/c1-2-6-16(7-3-1)20-12-19(17-8-4-10-22-14-17)13-21(24-20)18-9-5-11-23-15-18/h1-15H. The van der Waals surface area contributed by atoms with Gasteiger partial charge in [0.05, 0.1) is 11.4 Å². The lowest BCUT2D eigenvalue weighted by atomic mass is 10.0. The number of hydrogen-bond donors (Lipinski definition) is 0. The molecule has 0 saturated heterocycles. The third kappa shape index (κ3) is 2.92. The summed E-state index contributed by atoms with van der Waals surface area (Å²) in [5, 5.41) is 0. The molecule has 4 rings (SSSR count). The fraction of sp³-hybridized carbons (Fsp3) is 0. The Kier molecular flexibility index (Phi) is 3.82. The molecule has 1 aromatic carbocycles. The summed E-state index contributed by atoms with van der Waals surface area (Å²) in [5.41, 5.74) is 6.10. The maximum Gasteiger partial charge on any atom is 0.0731 e. The minimum Gasteiger partial charge on any atom is -0.264 e. The highest BCUT2D eigenvalue weighted by atomic mass is 14.7. The molecule has 0 N–H and O–H groups in total. The Labute approximate surface area is 140 Å². The van der Waals surface area contributed by atoms with Crippen LogP contribution in [0.25, 0.3) is 33.6 Å². The van der Waals surface area contributed by atoms with Gasteiger partial charge in [-0.3, -0.25) is 9.97 Å². The first-order valence-corrected chi connectivity index (χ1v) is 7.78. The smallest absolute Gasteiger partial charge is 0.0731 e. The SMILES string of the molecule is c1ccc(-c2cc(-c3cccnc3)cc(-c3cccnc3)n2)cc1. The molecule has 114 valence electrons. The number of hydrogen-bond acceptors (Lipinski definition) is 3. The fourth-order valence-corrected chi connectivity index (χ4v) is 2.65. The van der Waals surface area contributed by atoms with Crippen LogP contribution in [0, 0.1) is 0 Å². The molecule has 3 heteroatoms. The molecule has 0 spiro atoms. The summed E-state index contributed by atoms with van der Waals surface area (Å²) in [6, 6.07) is 22.3. The predicted octanol–water partition coefficient (Wildman–Crippen LogP) is 4.87. The number of pyridine rings is 3. The van der Waals surface area contributed by atoms with Crippen molar-refractivity contribution in [3.63, 3.8) is 0 Å². The lowest BCUT2D eigenvalue weighted by Gasteiger charge is -2.09. The van der Waals surface area contributed by atoms with Crippen LogP contribution in [0.1, 0.15) is 0 Å². The number of rotatable bonds is 3. The van der Waals surface area contributed by atoms with Gasteiger partial charge in [0.25, 0.3) is 0 Å². The van der Waals surface area contributed by atoms with E-state index in [0.717, 1.165) is 33.6 Å². The van der Waals surface area contributed by atoms with Gasteiger partial charge >= 0.3 is 0 Å². The van der Waals surface area contributed by atoms with E-state index in [9.17, 15) is 0 Å². The van der Waals surface area contributed by atoms with Crippen molar-refractivity contribution >= 4 is 0 Å². The molecular formula is C21H15N3. The molecule has 0 fully saturated rings. The summed E-state index contributed by atoms with van der Waals surface area (Å²) >= 11 is 0. The molecule has 0 aliphatic rings. The van der Waals surface area contributed by atoms with Crippen LogP contribution >= 0.6 is 0 Å². The van der Waals surface area contributed by atoms with Crippen LogP contribution in [0.2, 0.25) is 0 Å². The first-order valence-electron chi connectivity index (χ1n) is 7.78. The van der Waals surface area contributed by atoms with Crippen LogP contribution < -0.4 is 0 Å². The second-order valence-corrected chi connectivity index (χ2v) is 5.48. The first-order chi connectivity index (χ1) is 11.9. The Morgan fingerprint density at radius 2 is 1.08 bits per heavy atom. The Morgan fingerprint density at radius 3 is 1.71 bits per heavy atom. The second-order valence-electron chi connectivity index (χ2n) is 5.48. The van der Waals surface area contributed by atoms with E-state index < -0.39 is 0 Å². The van der Waals surface area contributed by atoms with Crippen molar-refractivity contribution in [3.05, 3.63) is 91.5 Å². The zero-order chi connectivity index (χ0) is 16.2. The van der Waals surface area contributed by atoms with Gasteiger partial charge in [-0.25, -0.2) is 4.98 Å². The topological polar surface area (TPSA) is 38.7 Å². The summed E-state index contributed by atoms with van der Waals surface area (Å²) in [7, 11) is 0. The summed E-state index contributed by atoms with van der Waals surface area (Å²) in [5.74, 6) is 0. The van der Waals surface area contributed by atoms with Crippen molar-refractivity contribution in [2.75, 3.05) is 0 Å². The Balaban J connectivity index is 1.92. The first kappa shape index (κ1) is 14.3. The summed E-state index contributed by atoms with van der Waals surface area (Å²) in [6.45, 7) is 0. The average Bonchev–Trinajstić information content (AvgIpc) is 2.70. The largest absolute Gasteiger partial charge is 0.264 e. The highest BCUT2D eigenvalue weighted by molar-refractivity contribution is 5.75. The minimum atomic E-state index is 0.906. The van der Waals surface area contributed by atoms with E-state index in [2.05, 4.69) is 40.3 Å². The highest BCUT2D eigenvalue weighted by Crippen LogP contribution is 2.29. The second kappa shape index (κ2) is 6.42. The lowest BCUT2D eigenvalue weighted by molar-refractivity contribution is 1.27. The van der Waals surface area contributed by atoms with Crippen LogP contribution in [0.15, 0.2) is 91.5 Å².